The number of hydrogen-bond acceptors (Lipinski definition) is 3. The van der Waals surface area contributed by atoms with Crippen molar-refractivity contribution in [1.29, 1.82) is 0 Å². The van der Waals surface area contributed by atoms with Crippen LogP contribution in [0.1, 0.15) is 22.8 Å². The molecular weight excluding hydrogens is 520 g/mol. The molecule has 0 spiro atoms. The Kier molecular flexibility index (Phi) is 8.20. The highest BCUT2D eigenvalue weighted by atomic mass is 127. The van der Waals surface area contributed by atoms with E-state index in [9.17, 15) is 4.39 Å². The van der Waals surface area contributed by atoms with Crippen molar-refractivity contribution in [3.05, 3.63) is 83.3 Å². The van der Waals surface area contributed by atoms with Crippen LogP contribution in [0.25, 0.3) is 10.9 Å². The molecule has 0 radical (unpaired) electrons. The van der Waals surface area contributed by atoms with Gasteiger partial charge in [-0.2, -0.15) is 0 Å². The van der Waals surface area contributed by atoms with Gasteiger partial charge in [0.15, 0.2) is 11.8 Å². The Balaban J connectivity index is 0.00000289. The monoisotopic (exact) mass is 547 g/mol. The summed E-state index contributed by atoms with van der Waals surface area (Å²) >= 11 is 0. The number of H-pyrrole nitrogens is 1. The van der Waals surface area contributed by atoms with E-state index in [0.29, 0.717) is 25.6 Å². The third-order valence-corrected chi connectivity index (χ3v) is 5.28. The van der Waals surface area contributed by atoms with Crippen LogP contribution < -0.4 is 10.6 Å². The molecule has 7 nitrogen and oxygen atoms in total. The van der Waals surface area contributed by atoms with Crippen molar-refractivity contribution >= 4 is 40.8 Å². The fourth-order valence-corrected chi connectivity index (χ4v) is 3.37. The highest BCUT2D eigenvalue weighted by molar-refractivity contribution is 14.0. The van der Waals surface area contributed by atoms with E-state index in [1.54, 1.807) is 12.1 Å². The van der Waals surface area contributed by atoms with Crippen LogP contribution in [0, 0.1) is 12.7 Å². The van der Waals surface area contributed by atoms with Crippen molar-refractivity contribution in [2.75, 3.05) is 6.54 Å². The molecule has 0 amide bonds. The van der Waals surface area contributed by atoms with E-state index >= 15 is 0 Å². The average molecular weight is 547 g/mol. The summed E-state index contributed by atoms with van der Waals surface area (Å²) < 4.78 is 15.6. The summed E-state index contributed by atoms with van der Waals surface area (Å²) in [6.07, 6.45) is 2.67. The molecule has 3 N–H and O–H groups in total. The number of nitrogens with zero attached hydrogens (tertiary/aromatic N) is 4. The largest absolute Gasteiger partial charge is 0.361 e. The maximum atomic E-state index is 13.6. The second kappa shape index (κ2) is 11.1. The van der Waals surface area contributed by atoms with Gasteiger partial charge in [-0.1, -0.05) is 30.3 Å². The Bertz CT molecular complexity index is 1180. The summed E-state index contributed by atoms with van der Waals surface area (Å²) in [4.78, 5) is 7.91. The lowest BCUT2D eigenvalue weighted by Gasteiger charge is -2.12. The van der Waals surface area contributed by atoms with E-state index in [1.807, 2.05) is 55.1 Å². The van der Waals surface area contributed by atoms with Gasteiger partial charge in [-0.05, 0) is 42.7 Å². The van der Waals surface area contributed by atoms with Crippen LogP contribution in [-0.2, 0) is 26.6 Å². The zero-order chi connectivity index (χ0) is 21.6. The average Bonchev–Trinajstić information content (AvgIpc) is 3.33. The first-order valence-electron chi connectivity index (χ1n) is 10.3. The number of halogens is 2. The maximum Gasteiger partial charge on any atom is 0.191 e. The number of nitrogens with one attached hydrogen (secondary N) is 3. The topological polar surface area (TPSA) is 82.9 Å². The van der Waals surface area contributed by atoms with Crippen molar-refractivity contribution in [3.63, 3.8) is 0 Å². The van der Waals surface area contributed by atoms with E-state index in [-0.39, 0.29) is 29.8 Å². The zero-order valence-electron chi connectivity index (χ0n) is 18.1. The zero-order valence-corrected chi connectivity index (χ0v) is 20.4. The van der Waals surface area contributed by atoms with Crippen molar-refractivity contribution in [2.45, 2.75) is 26.4 Å². The second-order valence-electron chi connectivity index (χ2n) is 7.41. The molecule has 0 aliphatic rings. The molecule has 168 valence electrons. The predicted molar refractivity (Wildman–Crippen MR) is 136 cm³/mol. The number of guanidine groups is 1. The fraction of sp³-hybridized carbons (Fsp3) is 0.261. The number of aromatic amines is 1. The lowest BCUT2D eigenvalue weighted by Crippen LogP contribution is -2.38. The summed E-state index contributed by atoms with van der Waals surface area (Å²) in [7, 11) is 1.94. The van der Waals surface area contributed by atoms with Crippen molar-refractivity contribution in [2.24, 2.45) is 12.0 Å². The van der Waals surface area contributed by atoms with Crippen LogP contribution in [-0.4, -0.2) is 32.3 Å². The summed E-state index contributed by atoms with van der Waals surface area (Å²) in [5, 5.41) is 15.9. The number of aryl methyl sites for hydroxylation is 1. The van der Waals surface area contributed by atoms with Crippen molar-refractivity contribution in [1.82, 2.24) is 30.4 Å². The van der Waals surface area contributed by atoms with E-state index < -0.39 is 0 Å². The van der Waals surface area contributed by atoms with Crippen LogP contribution in [0.2, 0.25) is 0 Å². The standard InChI is InChI=1S/C23H26FN7.HI/c1-16-29-30-22(31(16)2)15-28-23(27-13-17-6-4-3-5-7-17)25-11-10-18-14-26-21-9-8-19(24)12-20(18)21;/h3-9,12,14,26H,10-11,13,15H2,1-2H3,(H2,25,27,28);1H. The van der Waals surface area contributed by atoms with Crippen molar-refractivity contribution in [3.8, 4) is 0 Å². The predicted octanol–water partition coefficient (Wildman–Crippen LogP) is 3.84. The number of hydrogen-bond donors (Lipinski definition) is 3. The number of aromatic nitrogens is 4. The van der Waals surface area contributed by atoms with Gasteiger partial charge < -0.3 is 20.2 Å². The van der Waals surface area contributed by atoms with Crippen LogP contribution in [0.5, 0.6) is 0 Å². The fourth-order valence-electron chi connectivity index (χ4n) is 3.37. The van der Waals surface area contributed by atoms with Crippen molar-refractivity contribution < 1.29 is 4.39 Å². The molecule has 2 aromatic carbocycles. The van der Waals surface area contributed by atoms with Gasteiger partial charge in [0, 0.05) is 30.7 Å². The Labute approximate surface area is 203 Å². The van der Waals surface area contributed by atoms with Gasteiger partial charge in [0.2, 0.25) is 0 Å². The number of fused-ring (bicyclic) bond motifs is 1. The molecule has 4 rings (SSSR count). The third-order valence-electron chi connectivity index (χ3n) is 5.28. The van der Waals surface area contributed by atoms with E-state index in [4.69, 9.17) is 4.99 Å². The highest BCUT2D eigenvalue weighted by Gasteiger charge is 2.08. The van der Waals surface area contributed by atoms with Gasteiger partial charge in [-0.3, -0.25) is 0 Å². The lowest BCUT2D eigenvalue weighted by atomic mass is 10.1. The molecule has 9 heteroatoms. The number of aliphatic imine (C=N–C) groups is 1. The molecule has 4 aromatic rings. The molecule has 0 saturated carbocycles. The normalized spacial score (nSPS) is 11.4. The van der Waals surface area contributed by atoms with Gasteiger partial charge >= 0.3 is 0 Å². The smallest absolute Gasteiger partial charge is 0.191 e. The highest BCUT2D eigenvalue weighted by Crippen LogP contribution is 2.19. The third kappa shape index (κ3) is 5.84. The quantitative estimate of drug-likeness (QED) is 0.187. The Morgan fingerprint density at radius 2 is 1.94 bits per heavy atom. The maximum absolute atomic E-state index is 13.6. The SMILES string of the molecule is Cc1nnc(CNC(=NCc2ccccc2)NCCc2c[nH]c3ccc(F)cc23)n1C.I. The van der Waals surface area contributed by atoms with Gasteiger partial charge in [-0.15, -0.1) is 34.2 Å². The summed E-state index contributed by atoms with van der Waals surface area (Å²) in [6.45, 7) is 3.65. The molecule has 2 aromatic heterocycles. The van der Waals surface area contributed by atoms with Gasteiger partial charge in [-0.25, -0.2) is 9.38 Å². The minimum absolute atomic E-state index is 0. The molecule has 0 saturated heterocycles. The molecule has 2 heterocycles. The number of benzene rings is 2. The lowest BCUT2D eigenvalue weighted by molar-refractivity contribution is 0.629. The summed E-state index contributed by atoms with van der Waals surface area (Å²) in [5.41, 5.74) is 3.13. The first-order chi connectivity index (χ1) is 15.1. The van der Waals surface area contributed by atoms with Crippen LogP contribution >= 0.6 is 24.0 Å². The van der Waals surface area contributed by atoms with Gasteiger partial charge in [0.1, 0.15) is 11.6 Å². The van der Waals surface area contributed by atoms with E-state index in [0.717, 1.165) is 40.1 Å². The van der Waals surface area contributed by atoms with Gasteiger partial charge in [0.05, 0.1) is 13.1 Å². The molecule has 32 heavy (non-hydrogen) atoms. The Hall–Kier alpha value is -2.95. The second-order valence-corrected chi connectivity index (χ2v) is 7.41. The first kappa shape index (κ1) is 23.7. The molecule has 0 unspecified atom stereocenters. The number of rotatable bonds is 7. The molecular formula is C23H27FIN7. The first-order valence-corrected chi connectivity index (χ1v) is 10.3. The minimum atomic E-state index is -0.230. The van der Waals surface area contributed by atoms with Gasteiger partial charge in [0.25, 0.3) is 0 Å². The summed E-state index contributed by atoms with van der Waals surface area (Å²) in [5.74, 6) is 2.15. The molecule has 0 bridgehead atoms. The van der Waals surface area contributed by atoms with E-state index in [2.05, 4.69) is 25.8 Å². The van der Waals surface area contributed by atoms with Crippen LogP contribution in [0.3, 0.4) is 0 Å². The minimum Gasteiger partial charge on any atom is -0.361 e. The molecule has 0 aliphatic heterocycles. The molecule has 0 atom stereocenters. The van der Waals surface area contributed by atoms with Crippen LogP contribution in [0.15, 0.2) is 59.7 Å². The summed E-state index contributed by atoms with van der Waals surface area (Å²) in [6, 6.07) is 14.9. The van der Waals surface area contributed by atoms with Crippen LogP contribution in [0.4, 0.5) is 4.39 Å². The Morgan fingerprint density at radius 3 is 2.69 bits per heavy atom. The molecule has 0 fully saturated rings. The molecule has 0 aliphatic carbocycles. The Morgan fingerprint density at radius 1 is 1.12 bits per heavy atom. The van der Waals surface area contributed by atoms with E-state index in [1.165, 1.54) is 6.07 Å².